The molecule has 0 aliphatic rings. The third-order valence-corrected chi connectivity index (χ3v) is 2.89. The van der Waals surface area contributed by atoms with Crippen LogP contribution in [0.25, 0.3) is 0 Å². The van der Waals surface area contributed by atoms with Gasteiger partial charge in [0.1, 0.15) is 23.4 Å². The van der Waals surface area contributed by atoms with Gasteiger partial charge in [0.15, 0.2) is 0 Å². The van der Waals surface area contributed by atoms with E-state index in [0.717, 1.165) is 0 Å². The molecule has 0 saturated carbocycles. The summed E-state index contributed by atoms with van der Waals surface area (Å²) < 4.78 is 0. The Kier molecular flexibility index (Phi) is 49.3. The number of carbonyl (C=O) groups is 6. The molecule has 0 rings (SSSR count). The van der Waals surface area contributed by atoms with Crippen LogP contribution >= 0.6 is 0 Å². The maximum absolute atomic E-state index is 10.2. The van der Waals surface area contributed by atoms with Gasteiger partial charge in [-0.2, -0.15) is 0 Å². The van der Waals surface area contributed by atoms with Gasteiger partial charge in [0, 0.05) is 24.8 Å². The summed E-state index contributed by atoms with van der Waals surface area (Å²) in [5.41, 5.74) is -6.92. The molecule has 0 aliphatic heterocycles. The van der Waals surface area contributed by atoms with E-state index in [1.165, 1.54) is 0 Å². The molecule has 0 aromatic carbocycles. The topological polar surface area (TPSA) is 322 Å². The Labute approximate surface area is 408 Å². The SMILES string of the molecule is O=C([O-])CC(O)(C(=O)[O-])C(O)C(=O)[O-].O=C([O-])CC(O)(C(=O)[O-])C(O)C(=O)[O-].[Ca+2].[Ca+2].[Ca+2].[KH].[KH].[KH]. The Morgan fingerprint density at radius 2 is 0.735 bits per heavy atom. The van der Waals surface area contributed by atoms with Crippen LogP contribution < -0.4 is 30.6 Å². The first-order valence-corrected chi connectivity index (χ1v) is 6.48. The standard InChI is InChI=1S/2C6H8O8.3Ca.3K.3H/c2*7-2(8)1-6(14,5(12)13)3(9)4(10)11;;;;;;;;;/h2*3,9,14H,1H2,(H,7,8)(H,10,11)(H,12,13);;;;;;;;;/q;;3*+2;;;;;;/p-6. The second-order valence-electron chi connectivity index (χ2n) is 4.96. The van der Waals surface area contributed by atoms with Crippen molar-refractivity contribution in [1.82, 2.24) is 0 Å². The second-order valence-corrected chi connectivity index (χ2v) is 4.96. The van der Waals surface area contributed by atoms with Gasteiger partial charge in [-0.1, -0.05) is 0 Å². The van der Waals surface area contributed by atoms with Crippen LogP contribution in [0, 0.1) is 0 Å². The van der Waals surface area contributed by atoms with Gasteiger partial charge in [0.25, 0.3) is 0 Å². The molecule has 0 bridgehead atoms. The molecule has 34 heavy (non-hydrogen) atoms. The molecule has 0 radical (unpaired) electrons. The van der Waals surface area contributed by atoms with Crippen molar-refractivity contribution in [2.45, 2.75) is 36.3 Å². The van der Waals surface area contributed by atoms with Crippen molar-refractivity contribution in [2.75, 3.05) is 0 Å². The molecule has 0 saturated heterocycles. The molecule has 4 N–H and O–H groups in total. The number of aliphatic carboxylic acids is 6. The Balaban J connectivity index is -0.0000000563. The summed E-state index contributed by atoms with van der Waals surface area (Å²) in [5.74, 6) is -13.7. The quantitative estimate of drug-likeness (QED) is 0.159. The van der Waals surface area contributed by atoms with Crippen molar-refractivity contribution in [2.24, 2.45) is 0 Å². The van der Waals surface area contributed by atoms with E-state index in [4.69, 9.17) is 20.4 Å². The predicted octanol–water partition coefficient (Wildman–Crippen LogP) is -15.7. The molecule has 22 heteroatoms. The van der Waals surface area contributed by atoms with E-state index in [9.17, 15) is 59.4 Å². The molecule has 0 heterocycles. The molecule has 0 aromatic rings. The van der Waals surface area contributed by atoms with Crippen LogP contribution in [-0.2, 0) is 28.8 Å². The molecule has 0 fully saturated rings. The van der Waals surface area contributed by atoms with E-state index < -0.39 is 72.1 Å². The number of hydrogen-bond acceptors (Lipinski definition) is 16. The third-order valence-electron chi connectivity index (χ3n) is 2.89. The fraction of sp³-hybridized carbons (Fsp3) is 0.500. The van der Waals surface area contributed by atoms with Crippen LogP contribution in [0.2, 0.25) is 0 Å². The second kappa shape index (κ2) is 28.5. The van der Waals surface area contributed by atoms with Crippen LogP contribution in [0.5, 0.6) is 0 Å². The zero-order valence-corrected chi connectivity index (χ0v) is 22.0. The Bertz CT molecular complexity index is 627. The first kappa shape index (κ1) is 58.9. The first-order chi connectivity index (χ1) is 12.4. The summed E-state index contributed by atoms with van der Waals surface area (Å²) in [6.45, 7) is 0. The van der Waals surface area contributed by atoms with Gasteiger partial charge in [-0.15, -0.1) is 0 Å². The van der Waals surface area contributed by atoms with Crippen molar-refractivity contribution in [3.8, 4) is 0 Å². The minimum absolute atomic E-state index is 0. The molecule has 0 spiro atoms. The molecule has 0 aliphatic carbocycles. The molecule has 0 amide bonds. The first-order valence-electron chi connectivity index (χ1n) is 6.48. The number of carbonyl (C=O) groups excluding carboxylic acids is 6. The third kappa shape index (κ3) is 22.0. The Morgan fingerprint density at radius 1 is 0.559 bits per heavy atom. The molecule has 16 nitrogen and oxygen atoms in total. The van der Waals surface area contributed by atoms with E-state index in [1.54, 1.807) is 0 Å². The number of aliphatic hydroxyl groups is 4. The van der Waals surface area contributed by atoms with Crippen LogP contribution in [0.3, 0.4) is 0 Å². The Morgan fingerprint density at radius 3 is 0.824 bits per heavy atom. The Hall–Kier alpha value is 5.35. The number of carboxylic acid groups (broad SMARTS) is 6. The summed E-state index contributed by atoms with van der Waals surface area (Å²) in [7, 11) is 0. The minimum atomic E-state index is -3.46. The molecule has 4 atom stereocenters. The van der Waals surface area contributed by atoms with Crippen molar-refractivity contribution < 1.29 is 79.8 Å². The molecule has 4 unspecified atom stereocenters. The van der Waals surface area contributed by atoms with E-state index in [0.29, 0.717) is 0 Å². The van der Waals surface area contributed by atoms with Crippen molar-refractivity contribution >= 4 is 303 Å². The number of aliphatic hydroxyl groups excluding tert-OH is 2. The van der Waals surface area contributed by atoms with Gasteiger partial charge < -0.3 is 79.8 Å². The van der Waals surface area contributed by atoms with E-state index in [-0.39, 0.29) is 267 Å². The predicted molar refractivity (Wildman–Crippen MR) is 99.9 cm³/mol. The van der Waals surface area contributed by atoms with Crippen LogP contribution in [0.4, 0.5) is 0 Å². The number of hydrogen-bond donors (Lipinski definition) is 4. The fourth-order valence-electron chi connectivity index (χ4n) is 1.39. The van der Waals surface area contributed by atoms with Crippen LogP contribution in [0.1, 0.15) is 12.8 Å². The van der Waals surface area contributed by atoms with Crippen molar-refractivity contribution in [3.63, 3.8) is 0 Å². The monoisotopic (exact) mass is 650 g/mol. The van der Waals surface area contributed by atoms with Crippen LogP contribution in [-0.4, -0.2) is 347 Å². The van der Waals surface area contributed by atoms with E-state index >= 15 is 0 Å². The molecular weight excluding hydrogens is 638 g/mol. The molecular formula is C12H13Ca3K3O16. The zero-order valence-electron chi connectivity index (χ0n) is 15.4. The summed E-state index contributed by atoms with van der Waals surface area (Å²) in [6, 6.07) is 0. The van der Waals surface area contributed by atoms with Gasteiger partial charge >= 0.3 is 267 Å². The van der Waals surface area contributed by atoms with E-state index in [1.807, 2.05) is 0 Å². The van der Waals surface area contributed by atoms with E-state index in [2.05, 4.69) is 0 Å². The normalized spacial score (nSPS) is 13.8. The fourth-order valence-corrected chi connectivity index (χ4v) is 1.39. The molecule has 166 valence electrons. The van der Waals surface area contributed by atoms with Crippen molar-refractivity contribution in [1.29, 1.82) is 0 Å². The number of carboxylic acids is 6. The summed E-state index contributed by atoms with van der Waals surface area (Å²) in [4.78, 5) is 60.3. The zero-order chi connectivity index (χ0) is 23.0. The number of rotatable bonds is 10. The average molecular weight is 651 g/mol. The summed E-state index contributed by atoms with van der Waals surface area (Å²) in [5, 5.41) is 95.5. The average Bonchev–Trinajstić information content (AvgIpc) is 2.51. The maximum atomic E-state index is 10.2. The van der Waals surface area contributed by atoms with Gasteiger partial charge in [0.2, 0.25) is 0 Å². The van der Waals surface area contributed by atoms with Crippen molar-refractivity contribution in [3.05, 3.63) is 0 Å². The summed E-state index contributed by atoms with van der Waals surface area (Å²) in [6.07, 6.45) is -9.06. The van der Waals surface area contributed by atoms with Gasteiger partial charge in [-0.05, 0) is 0 Å². The van der Waals surface area contributed by atoms with Gasteiger partial charge in [-0.25, -0.2) is 0 Å². The molecule has 0 aromatic heterocycles. The van der Waals surface area contributed by atoms with Crippen LogP contribution in [0.15, 0.2) is 0 Å². The van der Waals surface area contributed by atoms with Gasteiger partial charge in [-0.3, -0.25) is 0 Å². The van der Waals surface area contributed by atoms with Gasteiger partial charge in [0.05, 0.1) is 23.9 Å². The summed E-state index contributed by atoms with van der Waals surface area (Å²) >= 11 is 0.